The molecule has 2 aliphatic rings. The van der Waals surface area contributed by atoms with Gasteiger partial charge in [0.1, 0.15) is 0 Å². The molecule has 1 aromatic rings. The number of nitrogens with one attached hydrogen (secondary N) is 2. The second-order valence-electron chi connectivity index (χ2n) is 5.73. The average molecular weight is 277 g/mol. The van der Waals surface area contributed by atoms with Crippen LogP contribution in [0, 0.1) is 0 Å². The summed E-state index contributed by atoms with van der Waals surface area (Å²) >= 11 is 0. The van der Waals surface area contributed by atoms with Crippen LogP contribution in [0.2, 0.25) is 0 Å². The number of carbonyl (C=O) groups excluding carboxylic acids is 1. The Balaban J connectivity index is 1.49. The highest BCUT2D eigenvalue weighted by atomic mass is 16.2. The van der Waals surface area contributed by atoms with Crippen molar-refractivity contribution < 1.29 is 4.79 Å². The van der Waals surface area contributed by atoms with Gasteiger partial charge >= 0.3 is 6.03 Å². The van der Waals surface area contributed by atoms with Gasteiger partial charge in [0.05, 0.1) is 12.2 Å². The molecule has 2 saturated heterocycles. The molecule has 2 aliphatic heterocycles. The number of hydrogen-bond acceptors (Lipinski definition) is 3. The van der Waals surface area contributed by atoms with Gasteiger partial charge in [-0.25, -0.2) is 4.79 Å². The van der Waals surface area contributed by atoms with E-state index >= 15 is 0 Å². The number of hydrogen-bond donors (Lipinski definition) is 2. The first kappa shape index (κ1) is 13.4. The Kier molecular flexibility index (Phi) is 4.20. The maximum atomic E-state index is 12.2. The number of aromatic nitrogens is 2. The number of piperidine rings is 1. The smallest absolute Gasteiger partial charge is 0.317 e. The van der Waals surface area contributed by atoms with Gasteiger partial charge in [0, 0.05) is 25.3 Å². The van der Waals surface area contributed by atoms with Crippen molar-refractivity contribution >= 4 is 6.03 Å². The van der Waals surface area contributed by atoms with Gasteiger partial charge in [0.2, 0.25) is 0 Å². The van der Waals surface area contributed by atoms with Crippen molar-refractivity contribution in [2.24, 2.45) is 0 Å². The summed E-state index contributed by atoms with van der Waals surface area (Å²) in [5, 5.41) is 9.70. The lowest BCUT2D eigenvalue weighted by atomic mass is 10.0. The molecule has 1 aromatic heterocycles. The molecule has 1 atom stereocenters. The van der Waals surface area contributed by atoms with Crippen molar-refractivity contribution in [3.63, 3.8) is 0 Å². The first-order valence-electron chi connectivity index (χ1n) is 7.58. The zero-order valence-corrected chi connectivity index (χ0v) is 11.8. The van der Waals surface area contributed by atoms with E-state index in [0.717, 1.165) is 25.2 Å². The van der Waals surface area contributed by atoms with Gasteiger partial charge in [-0.1, -0.05) is 0 Å². The fourth-order valence-corrected chi connectivity index (χ4v) is 3.21. The third-order valence-corrected chi connectivity index (χ3v) is 4.33. The van der Waals surface area contributed by atoms with E-state index in [9.17, 15) is 4.79 Å². The van der Waals surface area contributed by atoms with Gasteiger partial charge in [0.15, 0.2) is 0 Å². The monoisotopic (exact) mass is 277 g/mol. The zero-order valence-electron chi connectivity index (χ0n) is 11.8. The van der Waals surface area contributed by atoms with Gasteiger partial charge in [-0.2, -0.15) is 5.10 Å². The number of aromatic amines is 1. The van der Waals surface area contributed by atoms with Crippen LogP contribution in [0.25, 0.3) is 0 Å². The van der Waals surface area contributed by atoms with Crippen LogP contribution in [0.3, 0.4) is 0 Å². The third-order valence-electron chi connectivity index (χ3n) is 4.33. The van der Waals surface area contributed by atoms with Crippen molar-refractivity contribution in [3.05, 3.63) is 18.0 Å². The molecule has 0 saturated carbocycles. The largest absolute Gasteiger partial charge is 0.332 e. The Labute approximate surface area is 119 Å². The van der Waals surface area contributed by atoms with Crippen LogP contribution in [0.5, 0.6) is 0 Å². The molecule has 0 unspecified atom stereocenters. The summed E-state index contributed by atoms with van der Waals surface area (Å²) in [4.78, 5) is 16.7. The van der Waals surface area contributed by atoms with E-state index in [2.05, 4.69) is 20.4 Å². The number of H-pyrrole nitrogens is 1. The summed E-state index contributed by atoms with van der Waals surface area (Å²) in [5.74, 6) is 0. The molecule has 3 heterocycles. The van der Waals surface area contributed by atoms with Gasteiger partial charge in [-0.3, -0.25) is 10.00 Å². The molecule has 0 aliphatic carbocycles. The Hall–Kier alpha value is -1.56. The Bertz CT molecular complexity index is 427. The maximum Gasteiger partial charge on any atom is 0.317 e. The first-order valence-corrected chi connectivity index (χ1v) is 7.58. The lowest BCUT2D eigenvalue weighted by Crippen LogP contribution is -2.51. The van der Waals surface area contributed by atoms with Crippen LogP contribution in [0.4, 0.5) is 4.79 Å². The fourth-order valence-electron chi connectivity index (χ4n) is 3.21. The van der Waals surface area contributed by atoms with Crippen LogP contribution in [0.1, 0.15) is 31.4 Å². The highest BCUT2D eigenvalue weighted by Gasteiger charge is 2.29. The standard InChI is InChI=1S/C14H23N5O/c20-14(15-10-12-5-6-16-17-12)19-9-3-4-13(11-19)18-7-1-2-8-18/h5-6,13H,1-4,7-11H2,(H,15,20)(H,16,17)/t13-/m0/s1. The minimum atomic E-state index is 0.0449. The number of nitrogens with zero attached hydrogens (tertiary/aromatic N) is 3. The maximum absolute atomic E-state index is 12.2. The van der Waals surface area contributed by atoms with Crippen LogP contribution < -0.4 is 5.32 Å². The van der Waals surface area contributed by atoms with Crippen molar-refractivity contribution in [2.45, 2.75) is 38.3 Å². The summed E-state index contributed by atoms with van der Waals surface area (Å²) in [6, 6.07) is 2.48. The van der Waals surface area contributed by atoms with Gasteiger partial charge < -0.3 is 10.2 Å². The second-order valence-corrected chi connectivity index (χ2v) is 5.73. The van der Waals surface area contributed by atoms with Crippen molar-refractivity contribution in [3.8, 4) is 0 Å². The van der Waals surface area contributed by atoms with E-state index in [1.54, 1.807) is 6.20 Å². The average Bonchev–Trinajstić information content (AvgIpc) is 3.18. The Morgan fingerprint density at radius 1 is 1.35 bits per heavy atom. The number of rotatable bonds is 3. The SMILES string of the molecule is O=C(NCc1ccn[nH]1)N1CCC[C@H](N2CCCC2)C1. The minimum absolute atomic E-state index is 0.0449. The highest BCUT2D eigenvalue weighted by molar-refractivity contribution is 5.74. The predicted molar refractivity (Wildman–Crippen MR) is 76.2 cm³/mol. The first-order chi connectivity index (χ1) is 9.83. The van der Waals surface area contributed by atoms with Crippen LogP contribution in [0.15, 0.2) is 12.3 Å². The third kappa shape index (κ3) is 3.12. The van der Waals surface area contributed by atoms with Gasteiger partial charge in [-0.15, -0.1) is 0 Å². The minimum Gasteiger partial charge on any atom is -0.332 e. The molecule has 3 rings (SSSR count). The lowest BCUT2D eigenvalue weighted by molar-refractivity contribution is 0.125. The zero-order chi connectivity index (χ0) is 13.8. The topological polar surface area (TPSA) is 64.3 Å². The quantitative estimate of drug-likeness (QED) is 0.872. The number of carbonyl (C=O) groups is 1. The fraction of sp³-hybridized carbons (Fsp3) is 0.714. The Morgan fingerprint density at radius 3 is 2.95 bits per heavy atom. The predicted octanol–water partition coefficient (Wildman–Crippen LogP) is 1.18. The number of likely N-dealkylation sites (tertiary alicyclic amines) is 2. The summed E-state index contributed by atoms with van der Waals surface area (Å²) in [6.07, 6.45) is 6.65. The summed E-state index contributed by atoms with van der Waals surface area (Å²) < 4.78 is 0. The van der Waals surface area contributed by atoms with Gasteiger partial charge in [0.25, 0.3) is 0 Å². The molecule has 2 amide bonds. The van der Waals surface area contributed by atoms with E-state index in [1.807, 2.05) is 11.0 Å². The molecule has 6 heteroatoms. The van der Waals surface area contributed by atoms with E-state index in [-0.39, 0.29) is 6.03 Å². The van der Waals surface area contributed by atoms with Crippen molar-refractivity contribution in [2.75, 3.05) is 26.2 Å². The Morgan fingerprint density at radius 2 is 2.20 bits per heavy atom. The molecule has 2 N–H and O–H groups in total. The molecule has 0 spiro atoms. The normalized spacial score (nSPS) is 24.0. The summed E-state index contributed by atoms with van der Waals surface area (Å²) in [5.41, 5.74) is 0.937. The molecule has 6 nitrogen and oxygen atoms in total. The second kappa shape index (κ2) is 6.26. The van der Waals surface area contributed by atoms with Crippen LogP contribution in [-0.4, -0.2) is 58.2 Å². The van der Waals surface area contributed by atoms with E-state index < -0.39 is 0 Å². The molecule has 2 fully saturated rings. The van der Waals surface area contributed by atoms with E-state index in [4.69, 9.17) is 0 Å². The molecule has 20 heavy (non-hydrogen) atoms. The molecular weight excluding hydrogens is 254 g/mol. The van der Waals surface area contributed by atoms with Crippen LogP contribution in [-0.2, 0) is 6.54 Å². The summed E-state index contributed by atoms with van der Waals surface area (Å²) in [6.45, 7) is 4.67. The van der Waals surface area contributed by atoms with Crippen molar-refractivity contribution in [1.29, 1.82) is 0 Å². The lowest BCUT2D eigenvalue weighted by Gasteiger charge is -2.37. The van der Waals surface area contributed by atoms with Gasteiger partial charge in [-0.05, 0) is 44.8 Å². The number of urea groups is 1. The van der Waals surface area contributed by atoms with E-state index in [1.165, 1.54) is 32.4 Å². The van der Waals surface area contributed by atoms with E-state index in [0.29, 0.717) is 12.6 Å². The molecule has 110 valence electrons. The van der Waals surface area contributed by atoms with Crippen molar-refractivity contribution in [1.82, 2.24) is 25.3 Å². The molecule has 0 bridgehead atoms. The molecule has 0 aromatic carbocycles. The number of amides is 2. The molecule has 0 radical (unpaired) electrons. The van der Waals surface area contributed by atoms with Crippen LogP contribution >= 0.6 is 0 Å². The molecular formula is C14H23N5O. The highest BCUT2D eigenvalue weighted by Crippen LogP contribution is 2.20. The summed E-state index contributed by atoms with van der Waals surface area (Å²) in [7, 11) is 0.